The minimum absolute atomic E-state index is 0.0935. The van der Waals surface area contributed by atoms with Gasteiger partial charge in [-0.05, 0) is 38.2 Å². The molecule has 1 aromatic heterocycles. The molecule has 3 rings (SSSR count). The summed E-state index contributed by atoms with van der Waals surface area (Å²) >= 11 is 0. The number of benzene rings is 1. The number of nitrogens with zero attached hydrogens (tertiary/aromatic N) is 3. The maximum atomic E-state index is 13.5. The summed E-state index contributed by atoms with van der Waals surface area (Å²) in [5.74, 6) is -0.462. The molecule has 3 amide bonds. The molecule has 0 saturated carbocycles. The van der Waals surface area contributed by atoms with E-state index in [0.29, 0.717) is 32.0 Å². The van der Waals surface area contributed by atoms with Crippen LogP contribution in [0.15, 0.2) is 30.6 Å². The third kappa shape index (κ3) is 5.26. The van der Waals surface area contributed by atoms with Crippen LogP contribution in [-0.4, -0.2) is 50.8 Å². The van der Waals surface area contributed by atoms with Crippen molar-refractivity contribution >= 4 is 17.7 Å². The minimum atomic E-state index is -1.05. The molecule has 0 spiro atoms. The zero-order valence-corrected chi connectivity index (χ0v) is 20.3. The SMILES string of the molecule is CCCN1C(=O)c2c(C(=O)NCc3cccc(C)c3)ncn2C[C@@]1(C)C(=O)NCCC(C)C. The van der Waals surface area contributed by atoms with Gasteiger partial charge in [-0.1, -0.05) is 50.6 Å². The first kappa shape index (κ1) is 24.5. The lowest BCUT2D eigenvalue weighted by atomic mass is 9.93. The number of hydrogen-bond donors (Lipinski definition) is 2. The van der Waals surface area contributed by atoms with Gasteiger partial charge in [-0.25, -0.2) is 4.98 Å². The molecule has 1 atom stereocenters. The predicted octanol–water partition coefficient (Wildman–Crippen LogP) is 2.91. The molecule has 0 unspecified atom stereocenters. The number of rotatable bonds is 9. The lowest BCUT2D eigenvalue weighted by Gasteiger charge is -2.43. The van der Waals surface area contributed by atoms with E-state index >= 15 is 0 Å². The van der Waals surface area contributed by atoms with Gasteiger partial charge in [0.25, 0.3) is 11.8 Å². The molecule has 8 nitrogen and oxygen atoms in total. The molecular weight excluding hydrogens is 418 g/mol. The Balaban J connectivity index is 1.82. The van der Waals surface area contributed by atoms with E-state index in [0.717, 1.165) is 17.5 Å². The van der Waals surface area contributed by atoms with Crippen LogP contribution in [0.1, 0.15) is 72.6 Å². The fraction of sp³-hybridized carbons (Fsp3) is 0.520. The van der Waals surface area contributed by atoms with E-state index in [1.165, 1.54) is 6.33 Å². The van der Waals surface area contributed by atoms with Gasteiger partial charge in [-0.2, -0.15) is 0 Å². The van der Waals surface area contributed by atoms with Gasteiger partial charge < -0.3 is 20.1 Å². The second kappa shape index (κ2) is 10.2. The van der Waals surface area contributed by atoms with Gasteiger partial charge >= 0.3 is 0 Å². The Bertz CT molecular complexity index is 1030. The van der Waals surface area contributed by atoms with E-state index < -0.39 is 11.4 Å². The first-order valence-corrected chi connectivity index (χ1v) is 11.7. The van der Waals surface area contributed by atoms with Crippen molar-refractivity contribution in [3.63, 3.8) is 0 Å². The van der Waals surface area contributed by atoms with Gasteiger partial charge in [0.05, 0.1) is 12.9 Å². The van der Waals surface area contributed by atoms with E-state index in [1.807, 2.05) is 38.1 Å². The zero-order valence-electron chi connectivity index (χ0n) is 20.3. The van der Waals surface area contributed by atoms with Crippen LogP contribution in [0, 0.1) is 12.8 Å². The summed E-state index contributed by atoms with van der Waals surface area (Å²) < 4.78 is 1.64. The molecule has 33 heavy (non-hydrogen) atoms. The molecular formula is C25H35N5O3. The molecule has 0 saturated heterocycles. The summed E-state index contributed by atoms with van der Waals surface area (Å²) in [6.45, 7) is 11.5. The van der Waals surface area contributed by atoms with Crippen LogP contribution >= 0.6 is 0 Å². The van der Waals surface area contributed by atoms with Crippen LogP contribution in [0.5, 0.6) is 0 Å². The first-order valence-electron chi connectivity index (χ1n) is 11.7. The molecule has 1 aromatic carbocycles. The number of aryl methyl sites for hydroxylation is 1. The topological polar surface area (TPSA) is 96.3 Å². The highest BCUT2D eigenvalue weighted by Crippen LogP contribution is 2.29. The average Bonchev–Trinajstić information content (AvgIpc) is 3.18. The monoisotopic (exact) mass is 453 g/mol. The Morgan fingerprint density at radius 1 is 1.24 bits per heavy atom. The number of fused-ring (bicyclic) bond motifs is 1. The van der Waals surface area contributed by atoms with Crippen molar-refractivity contribution in [3.05, 3.63) is 53.1 Å². The van der Waals surface area contributed by atoms with E-state index in [9.17, 15) is 14.4 Å². The number of aromatic nitrogens is 2. The molecule has 2 aromatic rings. The Kier molecular flexibility index (Phi) is 7.56. The summed E-state index contributed by atoms with van der Waals surface area (Å²) in [6.07, 6.45) is 3.05. The number of imidazole rings is 1. The van der Waals surface area contributed by atoms with E-state index in [-0.39, 0.29) is 29.7 Å². The zero-order chi connectivity index (χ0) is 24.2. The molecule has 0 bridgehead atoms. The molecule has 0 radical (unpaired) electrons. The van der Waals surface area contributed by atoms with Crippen LogP contribution in [0.2, 0.25) is 0 Å². The molecule has 0 aliphatic carbocycles. The third-order valence-electron chi connectivity index (χ3n) is 6.05. The standard InChI is InChI=1S/C25H35N5O3/c1-6-12-30-23(32)21-20(22(31)27-14-19-9-7-8-18(4)13-19)28-16-29(21)15-25(30,5)24(33)26-11-10-17(2)3/h7-9,13,16-17H,6,10-12,14-15H2,1-5H3,(H,26,33)(H,27,31)/t25-/m0/s1. The molecule has 1 aliphatic heterocycles. The van der Waals surface area contributed by atoms with Gasteiger partial charge in [0.2, 0.25) is 5.91 Å². The second-order valence-electron chi connectivity index (χ2n) is 9.41. The van der Waals surface area contributed by atoms with Gasteiger partial charge in [-0.3, -0.25) is 14.4 Å². The van der Waals surface area contributed by atoms with Crippen LogP contribution in [0.25, 0.3) is 0 Å². The number of carbonyl (C=O) groups excluding carboxylic acids is 3. The number of hydrogen-bond acceptors (Lipinski definition) is 4. The number of amides is 3. The molecule has 2 heterocycles. The van der Waals surface area contributed by atoms with Crippen molar-refractivity contribution in [3.8, 4) is 0 Å². The van der Waals surface area contributed by atoms with Crippen molar-refractivity contribution < 1.29 is 14.4 Å². The quantitative estimate of drug-likeness (QED) is 0.610. The highest BCUT2D eigenvalue weighted by molar-refractivity contribution is 6.07. The Morgan fingerprint density at radius 2 is 2.00 bits per heavy atom. The maximum absolute atomic E-state index is 13.5. The Hall–Kier alpha value is -3.16. The normalized spacial score (nSPS) is 17.8. The first-order chi connectivity index (χ1) is 15.7. The average molecular weight is 454 g/mol. The summed E-state index contributed by atoms with van der Waals surface area (Å²) in [5.41, 5.74) is 1.36. The van der Waals surface area contributed by atoms with Gasteiger partial charge in [0, 0.05) is 19.6 Å². The largest absolute Gasteiger partial charge is 0.354 e. The van der Waals surface area contributed by atoms with Gasteiger partial charge in [-0.15, -0.1) is 0 Å². The summed E-state index contributed by atoms with van der Waals surface area (Å²) in [4.78, 5) is 45.4. The molecule has 178 valence electrons. The van der Waals surface area contributed by atoms with Crippen LogP contribution in [0.3, 0.4) is 0 Å². The minimum Gasteiger partial charge on any atom is -0.354 e. The molecule has 0 fully saturated rings. The summed E-state index contributed by atoms with van der Waals surface area (Å²) in [6, 6.07) is 7.87. The van der Waals surface area contributed by atoms with E-state index in [4.69, 9.17) is 0 Å². The molecule has 8 heteroatoms. The summed E-state index contributed by atoms with van der Waals surface area (Å²) in [5, 5.41) is 5.85. The van der Waals surface area contributed by atoms with Crippen LogP contribution < -0.4 is 10.6 Å². The third-order valence-corrected chi connectivity index (χ3v) is 6.05. The fourth-order valence-electron chi connectivity index (χ4n) is 4.18. The predicted molar refractivity (Wildman–Crippen MR) is 127 cm³/mol. The van der Waals surface area contributed by atoms with Gasteiger partial charge in [0.15, 0.2) is 5.69 Å². The smallest absolute Gasteiger partial charge is 0.273 e. The van der Waals surface area contributed by atoms with Crippen LogP contribution in [0.4, 0.5) is 0 Å². The Labute approximate surface area is 195 Å². The molecule has 1 aliphatic rings. The highest BCUT2D eigenvalue weighted by atomic mass is 16.2. The lowest BCUT2D eigenvalue weighted by Crippen LogP contribution is -2.64. The number of nitrogens with one attached hydrogen (secondary N) is 2. The lowest BCUT2D eigenvalue weighted by molar-refractivity contribution is -0.132. The second-order valence-corrected chi connectivity index (χ2v) is 9.41. The van der Waals surface area contributed by atoms with Crippen molar-refractivity contribution in [2.75, 3.05) is 13.1 Å². The number of carbonyl (C=O) groups is 3. The van der Waals surface area contributed by atoms with Crippen molar-refractivity contribution in [1.29, 1.82) is 0 Å². The highest BCUT2D eigenvalue weighted by Gasteiger charge is 2.48. The van der Waals surface area contributed by atoms with E-state index in [1.54, 1.807) is 16.4 Å². The maximum Gasteiger partial charge on any atom is 0.273 e. The van der Waals surface area contributed by atoms with Crippen molar-refractivity contribution in [2.24, 2.45) is 5.92 Å². The van der Waals surface area contributed by atoms with Crippen LogP contribution in [-0.2, 0) is 17.9 Å². The Morgan fingerprint density at radius 3 is 2.67 bits per heavy atom. The van der Waals surface area contributed by atoms with Crippen molar-refractivity contribution in [1.82, 2.24) is 25.1 Å². The van der Waals surface area contributed by atoms with E-state index in [2.05, 4.69) is 29.5 Å². The summed E-state index contributed by atoms with van der Waals surface area (Å²) in [7, 11) is 0. The van der Waals surface area contributed by atoms with Crippen molar-refractivity contribution in [2.45, 2.75) is 66.1 Å². The fourth-order valence-corrected chi connectivity index (χ4v) is 4.18. The molecule has 2 N–H and O–H groups in total. The van der Waals surface area contributed by atoms with Gasteiger partial charge in [0.1, 0.15) is 11.2 Å².